The van der Waals surface area contributed by atoms with Crippen LogP contribution < -0.4 is 27.1 Å². The van der Waals surface area contributed by atoms with E-state index in [0.717, 1.165) is 16.7 Å². The molecule has 3 heterocycles. The normalized spacial score (nSPS) is 18.9. The Labute approximate surface area is 228 Å². The zero-order valence-electron chi connectivity index (χ0n) is 23.5. The first-order valence-corrected chi connectivity index (χ1v) is 15.0. The van der Waals surface area contributed by atoms with E-state index in [1.807, 2.05) is 54.6 Å². The van der Waals surface area contributed by atoms with Gasteiger partial charge in [0, 0.05) is 16.7 Å². The number of hydrogen-bond acceptors (Lipinski definition) is 6. The highest BCUT2D eigenvalue weighted by Gasteiger charge is 2.39. The maximum absolute atomic E-state index is 6.70. The van der Waals surface area contributed by atoms with Crippen LogP contribution in [-0.2, 0) is 16.2 Å². The topological polar surface area (TPSA) is 55.4 Å². The maximum Gasteiger partial charge on any atom is 0.530 e. The highest BCUT2D eigenvalue weighted by atomic mass is 31.2. The second-order valence-corrected chi connectivity index (χ2v) is 14.6. The van der Waals surface area contributed by atoms with E-state index in [9.17, 15) is 0 Å². The third kappa shape index (κ3) is 5.26. The van der Waals surface area contributed by atoms with Gasteiger partial charge in [-0.1, -0.05) is 98.7 Å². The lowest BCUT2D eigenvalue weighted by atomic mass is 9.86. The van der Waals surface area contributed by atoms with E-state index in [1.165, 1.54) is 0 Å². The first-order chi connectivity index (χ1) is 17.7. The molecule has 3 aliphatic rings. The monoisotopic (exact) mass is 554 g/mol. The van der Waals surface area contributed by atoms with Gasteiger partial charge in [-0.25, -0.2) is 0 Å². The van der Waals surface area contributed by atoms with Crippen LogP contribution in [0, 0.1) is 0 Å². The van der Waals surface area contributed by atoms with Crippen molar-refractivity contribution in [3.63, 3.8) is 0 Å². The van der Waals surface area contributed by atoms with Gasteiger partial charge in [-0.15, -0.1) is 0 Å². The predicted octanol–water partition coefficient (Wildman–Crippen LogP) is 9.73. The van der Waals surface area contributed by atoms with Gasteiger partial charge in [0.25, 0.3) is 0 Å². The van der Waals surface area contributed by atoms with Gasteiger partial charge in [-0.3, -0.25) is 0 Å². The smallest absolute Gasteiger partial charge is 0.404 e. The number of rotatable bonds is 0. The summed E-state index contributed by atoms with van der Waals surface area (Å²) in [7, 11) is -3.97. The van der Waals surface area contributed by atoms with Crippen molar-refractivity contribution < 1.29 is 27.1 Å². The minimum absolute atomic E-state index is 0.225. The fraction of sp³-hybridized carbons (Fsp3) is 0.400. The summed E-state index contributed by atoms with van der Waals surface area (Å²) in [4.78, 5) is 0. The van der Waals surface area contributed by atoms with E-state index in [0.29, 0.717) is 34.5 Å². The van der Waals surface area contributed by atoms with Crippen molar-refractivity contribution in [3.8, 4) is 34.5 Å². The highest BCUT2D eigenvalue weighted by molar-refractivity contribution is 7.44. The van der Waals surface area contributed by atoms with Gasteiger partial charge >= 0.3 is 17.2 Å². The molecule has 2 bridgehead atoms. The zero-order chi connectivity index (χ0) is 27.5. The molecule has 0 atom stereocenters. The molecule has 0 saturated carbocycles. The van der Waals surface area contributed by atoms with Crippen LogP contribution in [0.25, 0.3) is 0 Å². The molecule has 202 valence electrons. The molecule has 0 radical (unpaired) electrons. The molecule has 8 heteroatoms. The number of hydrogen-bond donors (Lipinski definition) is 0. The van der Waals surface area contributed by atoms with Crippen molar-refractivity contribution in [1.82, 2.24) is 0 Å². The zero-order valence-corrected chi connectivity index (χ0v) is 25.3. The molecule has 0 unspecified atom stereocenters. The first-order valence-electron chi connectivity index (χ1n) is 12.8. The van der Waals surface area contributed by atoms with Crippen molar-refractivity contribution in [3.05, 3.63) is 71.3 Å². The first kappa shape index (κ1) is 26.9. The van der Waals surface area contributed by atoms with Crippen LogP contribution in [0.1, 0.15) is 79.0 Å². The summed E-state index contributed by atoms with van der Waals surface area (Å²) in [5.74, 6) is 3.27. The van der Waals surface area contributed by atoms with E-state index in [4.69, 9.17) is 27.1 Å². The summed E-state index contributed by atoms with van der Waals surface area (Å²) >= 11 is 0. The average molecular weight is 555 g/mol. The lowest BCUT2D eigenvalue weighted by Gasteiger charge is -2.33. The van der Waals surface area contributed by atoms with Crippen LogP contribution in [0.2, 0.25) is 0 Å². The second-order valence-electron chi connectivity index (χ2n) is 12.6. The lowest BCUT2D eigenvalue weighted by molar-refractivity contribution is 0.314. The van der Waals surface area contributed by atoms with Gasteiger partial charge in [-0.2, -0.15) is 0 Å². The molecule has 0 spiro atoms. The van der Waals surface area contributed by atoms with Gasteiger partial charge in [0.2, 0.25) is 0 Å². The molecule has 0 amide bonds. The molecule has 0 saturated heterocycles. The molecule has 0 fully saturated rings. The SMILES string of the molecule is CC(C)(C)c1cccc2c1OP1Oc3c(cccc3C(C)(C)C)OP(O2)Oc2cccc(C(C)(C)C)c2O1. The predicted molar refractivity (Wildman–Crippen MR) is 153 cm³/mol. The Morgan fingerprint density at radius 1 is 0.395 bits per heavy atom. The largest absolute Gasteiger partial charge is 0.530 e. The van der Waals surface area contributed by atoms with Gasteiger partial charge in [0.15, 0.2) is 34.5 Å². The van der Waals surface area contributed by atoms with Crippen LogP contribution >= 0.6 is 17.2 Å². The molecule has 0 aliphatic carbocycles. The summed E-state index contributed by atoms with van der Waals surface area (Å²) < 4.78 is 39.6. The van der Waals surface area contributed by atoms with Gasteiger partial charge in [0.1, 0.15) is 0 Å². The summed E-state index contributed by atoms with van der Waals surface area (Å²) in [5.41, 5.74) is 2.24. The Kier molecular flexibility index (Phi) is 6.73. The van der Waals surface area contributed by atoms with Crippen LogP contribution in [0.4, 0.5) is 0 Å². The molecule has 3 aromatic carbocycles. The Bertz CT molecular complexity index is 1190. The molecule has 6 nitrogen and oxygen atoms in total. The number of benzene rings is 3. The van der Waals surface area contributed by atoms with Gasteiger partial charge in [0.05, 0.1) is 0 Å². The van der Waals surface area contributed by atoms with E-state index >= 15 is 0 Å². The molecule has 3 aliphatic heterocycles. The average Bonchev–Trinajstić information content (AvgIpc) is 2.80. The van der Waals surface area contributed by atoms with Gasteiger partial charge < -0.3 is 27.1 Å². The Balaban J connectivity index is 1.76. The molecule has 38 heavy (non-hydrogen) atoms. The van der Waals surface area contributed by atoms with Crippen molar-refractivity contribution >= 4 is 17.2 Å². The van der Waals surface area contributed by atoms with Crippen molar-refractivity contribution in [2.24, 2.45) is 0 Å². The van der Waals surface area contributed by atoms with E-state index in [1.54, 1.807) is 0 Å². The van der Waals surface area contributed by atoms with E-state index in [-0.39, 0.29) is 16.2 Å². The molecule has 0 N–H and O–H groups in total. The summed E-state index contributed by atoms with van der Waals surface area (Å²) in [5, 5.41) is 0. The van der Waals surface area contributed by atoms with Crippen LogP contribution in [-0.4, -0.2) is 0 Å². The molecule has 3 aromatic rings. The quantitative estimate of drug-likeness (QED) is 0.258. The van der Waals surface area contributed by atoms with Crippen LogP contribution in [0.5, 0.6) is 34.5 Å². The van der Waals surface area contributed by atoms with Crippen molar-refractivity contribution in [2.75, 3.05) is 0 Å². The summed E-state index contributed by atoms with van der Waals surface area (Å²) in [6.45, 7) is 19.2. The lowest BCUT2D eigenvalue weighted by Crippen LogP contribution is -2.20. The third-order valence-corrected chi connectivity index (χ3v) is 8.41. The highest BCUT2D eigenvalue weighted by Crippen LogP contribution is 2.60. The third-order valence-electron chi connectivity index (χ3n) is 6.38. The molecule has 0 aromatic heterocycles. The fourth-order valence-electron chi connectivity index (χ4n) is 4.39. The Morgan fingerprint density at radius 2 is 0.658 bits per heavy atom. The molecule has 6 rings (SSSR count). The van der Waals surface area contributed by atoms with Gasteiger partial charge in [-0.05, 0) is 34.4 Å². The van der Waals surface area contributed by atoms with E-state index in [2.05, 4.69) is 62.3 Å². The summed E-state index contributed by atoms with van der Waals surface area (Å²) in [6, 6.07) is 17.6. The minimum atomic E-state index is -2.01. The van der Waals surface area contributed by atoms with Crippen LogP contribution in [0.3, 0.4) is 0 Å². The van der Waals surface area contributed by atoms with Crippen LogP contribution in [0.15, 0.2) is 54.6 Å². The van der Waals surface area contributed by atoms with Crippen molar-refractivity contribution in [1.29, 1.82) is 0 Å². The standard InChI is InChI=1S/C30H36O6P2/c1-28(2,3)19-13-10-16-22-25(19)34-38-35-26-20(29(4,5)6)14-11-17-23(26)32-37(31-22)33-24-18-12-15-21(27(24)36-38)30(7,8)9/h10-18H,1-9H3. The van der Waals surface area contributed by atoms with E-state index < -0.39 is 17.2 Å². The fourth-order valence-corrected chi connectivity index (χ4v) is 6.54. The Hall–Kier alpha value is -2.68. The molecular weight excluding hydrogens is 518 g/mol. The molecular formula is C30H36O6P2. The summed E-state index contributed by atoms with van der Waals surface area (Å²) in [6.07, 6.45) is 0. The van der Waals surface area contributed by atoms with Crippen molar-refractivity contribution in [2.45, 2.75) is 78.6 Å². The maximum atomic E-state index is 6.70. The Morgan fingerprint density at radius 3 is 0.921 bits per heavy atom. The number of para-hydroxylation sites is 3. The minimum Gasteiger partial charge on any atom is -0.404 e. The second kappa shape index (κ2) is 9.50.